The predicted octanol–water partition coefficient (Wildman–Crippen LogP) is 0.692. The number of hydrogen-bond acceptors (Lipinski definition) is 5. The molecule has 8 heteroatoms. The highest BCUT2D eigenvalue weighted by atomic mass is 31.1. The van der Waals surface area contributed by atoms with E-state index < -0.39 is 38.9 Å². The van der Waals surface area contributed by atoms with Crippen LogP contribution in [-0.4, -0.2) is 28.1 Å². The summed E-state index contributed by atoms with van der Waals surface area (Å²) in [4.78, 5) is 31.5. The molecular weight excluding hydrogens is 227 g/mol. The topological polar surface area (TPSA) is 118 Å². The van der Waals surface area contributed by atoms with E-state index in [0.717, 1.165) is 0 Å². The van der Waals surface area contributed by atoms with E-state index in [1.165, 1.54) is 0 Å². The third kappa shape index (κ3) is 6.56. The van der Waals surface area contributed by atoms with E-state index in [0.29, 0.717) is 0 Å². The van der Waals surface area contributed by atoms with Crippen molar-refractivity contribution in [1.29, 1.82) is 0 Å². The molecule has 0 spiro atoms. The zero-order valence-corrected chi connectivity index (χ0v) is 8.48. The number of carboxylic acid groups (broad SMARTS) is 2. The van der Waals surface area contributed by atoms with Gasteiger partial charge < -0.3 is 14.7 Å². The summed E-state index contributed by atoms with van der Waals surface area (Å²) < 4.78 is 13.8. The van der Waals surface area contributed by atoms with Crippen LogP contribution in [0.4, 0.5) is 0 Å². The highest BCUT2D eigenvalue weighted by Crippen LogP contribution is 2.13. The molecule has 15 heavy (non-hydrogen) atoms. The highest BCUT2D eigenvalue weighted by Gasteiger charge is 2.22. The molecule has 1 atom stereocenters. The Balaban J connectivity index is 4.06. The van der Waals surface area contributed by atoms with Crippen LogP contribution in [0.25, 0.3) is 0 Å². The second-order valence-corrected chi connectivity index (χ2v) is 3.04. The van der Waals surface area contributed by atoms with Gasteiger partial charge in [0.1, 0.15) is 0 Å². The molecule has 0 bridgehead atoms. The minimum Gasteiger partial charge on any atom is -0.481 e. The van der Waals surface area contributed by atoms with Crippen LogP contribution in [0.15, 0.2) is 0 Å². The molecular formula is C7H9O7P. The minimum atomic E-state index is -1.29. The lowest BCUT2D eigenvalue weighted by molar-refractivity contribution is -0.149. The normalized spacial score (nSPS) is 12.0. The van der Waals surface area contributed by atoms with E-state index >= 15 is 0 Å². The molecule has 0 amide bonds. The Morgan fingerprint density at radius 3 is 2.27 bits per heavy atom. The number of rotatable bonds is 7. The van der Waals surface area contributed by atoms with Crippen molar-refractivity contribution in [3.63, 3.8) is 0 Å². The van der Waals surface area contributed by atoms with Crippen molar-refractivity contribution >= 4 is 26.6 Å². The molecule has 0 aliphatic heterocycles. The molecule has 0 saturated carbocycles. The van der Waals surface area contributed by atoms with Crippen LogP contribution >= 0.6 is 8.69 Å². The van der Waals surface area contributed by atoms with Gasteiger partial charge >= 0.3 is 26.6 Å². The van der Waals surface area contributed by atoms with Gasteiger partial charge in [-0.05, 0) is 6.42 Å². The molecule has 0 fully saturated rings. The van der Waals surface area contributed by atoms with Crippen LogP contribution in [-0.2, 0) is 23.5 Å². The van der Waals surface area contributed by atoms with Crippen molar-refractivity contribution in [3.8, 4) is 0 Å². The first-order valence-electron chi connectivity index (χ1n) is 3.94. The van der Waals surface area contributed by atoms with Gasteiger partial charge in [-0.15, -0.1) is 0 Å². The van der Waals surface area contributed by atoms with Crippen LogP contribution in [0, 0.1) is 5.92 Å². The van der Waals surface area contributed by atoms with Gasteiger partial charge in [-0.25, -0.2) is 4.57 Å². The highest BCUT2D eigenvalue weighted by molar-refractivity contribution is 7.18. The molecule has 0 aliphatic rings. The first kappa shape index (κ1) is 13.5. The van der Waals surface area contributed by atoms with E-state index in [1.54, 1.807) is 0 Å². The number of carboxylic acids is 2. The largest absolute Gasteiger partial charge is 0.481 e. The van der Waals surface area contributed by atoms with Gasteiger partial charge in [-0.1, -0.05) is 0 Å². The lowest BCUT2D eigenvalue weighted by atomic mass is 10.00. The predicted molar refractivity (Wildman–Crippen MR) is 46.3 cm³/mol. The molecule has 0 aromatic rings. The van der Waals surface area contributed by atoms with E-state index in [9.17, 15) is 18.9 Å². The van der Waals surface area contributed by atoms with Crippen molar-refractivity contribution in [2.75, 3.05) is 0 Å². The van der Waals surface area contributed by atoms with Gasteiger partial charge in [-0.3, -0.25) is 14.4 Å². The van der Waals surface area contributed by atoms with Crippen molar-refractivity contribution in [2.24, 2.45) is 5.92 Å². The Bertz CT molecular complexity index is 275. The zero-order chi connectivity index (χ0) is 11.8. The Kier molecular flexibility index (Phi) is 6.21. The monoisotopic (exact) mass is 236 g/mol. The van der Waals surface area contributed by atoms with Crippen LogP contribution in [0.1, 0.15) is 19.3 Å². The molecule has 0 radical (unpaired) electrons. The SMILES string of the molecule is O=POC(=O)CCC(CC(=O)O)C(=O)O. The number of aliphatic carboxylic acids is 2. The summed E-state index contributed by atoms with van der Waals surface area (Å²) in [5.41, 5.74) is 0. The third-order valence-electron chi connectivity index (χ3n) is 1.61. The summed E-state index contributed by atoms with van der Waals surface area (Å²) in [6.45, 7) is 0. The van der Waals surface area contributed by atoms with Gasteiger partial charge in [0.2, 0.25) is 0 Å². The summed E-state index contributed by atoms with van der Waals surface area (Å²) in [5, 5.41) is 17.0. The smallest absolute Gasteiger partial charge is 0.398 e. The van der Waals surface area contributed by atoms with E-state index in [4.69, 9.17) is 10.2 Å². The van der Waals surface area contributed by atoms with Gasteiger partial charge in [-0.2, -0.15) is 0 Å². The zero-order valence-electron chi connectivity index (χ0n) is 7.58. The van der Waals surface area contributed by atoms with Crippen LogP contribution < -0.4 is 0 Å². The Morgan fingerprint density at radius 2 is 1.87 bits per heavy atom. The van der Waals surface area contributed by atoms with E-state index in [2.05, 4.69) is 4.52 Å². The van der Waals surface area contributed by atoms with Crippen molar-refractivity contribution in [3.05, 3.63) is 0 Å². The van der Waals surface area contributed by atoms with Gasteiger partial charge in [0, 0.05) is 6.42 Å². The lowest BCUT2D eigenvalue weighted by Gasteiger charge is -2.07. The summed E-state index contributed by atoms with van der Waals surface area (Å²) in [7, 11) is -0.805. The second kappa shape index (κ2) is 6.89. The fourth-order valence-electron chi connectivity index (χ4n) is 0.903. The average molecular weight is 236 g/mol. The number of hydrogen-bond donors (Lipinski definition) is 2. The van der Waals surface area contributed by atoms with E-state index in [1.807, 2.05) is 0 Å². The molecule has 7 nitrogen and oxygen atoms in total. The summed E-state index contributed by atoms with van der Waals surface area (Å²) in [6.07, 6.45) is -0.993. The molecule has 0 rings (SSSR count). The van der Waals surface area contributed by atoms with Gasteiger partial charge in [0.15, 0.2) is 0 Å². The molecule has 84 valence electrons. The first-order chi connectivity index (χ1) is 6.97. The maximum atomic E-state index is 10.7. The number of carbonyl (C=O) groups excluding carboxylic acids is 1. The van der Waals surface area contributed by atoms with Crippen molar-refractivity contribution < 1.29 is 33.7 Å². The standard InChI is InChI=1S/C7H9O7P/c8-5(9)3-4(7(11)12)1-2-6(10)14-15-13/h4H,1-3H2,(H,8,9)(H,11,12). The Morgan fingerprint density at radius 1 is 1.27 bits per heavy atom. The fraction of sp³-hybridized carbons (Fsp3) is 0.571. The van der Waals surface area contributed by atoms with Gasteiger partial charge in [0.25, 0.3) is 0 Å². The fourth-order valence-corrected chi connectivity index (χ4v) is 1.08. The van der Waals surface area contributed by atoms with E-state index in [-0.39, 0.29) is 12.8 Å². The molecule has 2 N–H and O–H groups in total. The minimum absolute atomic E-state index is 0.157. The first-order valence-corrected chi connectivity index (χ1v) is 4.67. The van der Waals surface area contributed by atoms with Crippen molar-refractivity contribution in [1.82, 2.24) is 0 Å². The summed E-state index contributed by atoms with van der Waals surface area (Å²) in [5.74, 6) is -4.51. The Hall–Kier alpha value is -1.49. The molecule has 0 aromatic heterocycles. The second-order valence-electron chi connectivity index (χ2n) is 2.71. The average Bonchev–Trinajstić information content (AvgIpc) is 2.11. The Labute approximate surface area is 86.3 Å². The third-order valence-corrected chi connectivity index (χ3v) is 1.88. The van der Waals surface area contributed by atoms with Crippen molar-refractivity contribution in [2.45, 2.75) is 19.3 Å². The summed E-state index contributed by atoms with van der Waals surface area (Å²) in [6, 6.07) is 0. The molecule has 0 aliphatic carbocycles. The van der Waals surface area contributed by atoms with Crippen LogP contribution in [0.3, 0.4) is 0 Å². The van der Waals surface area contributed by atoms with Crippen LogP contribution in [0.2, 0.25) is 0 Å². The quantitative estimate of drug-likeness (QED) is 0.624. The maximum absolute atomic E-state index is 10.7. The molecule has 0 saturated heterocycles. The van der Waals surface area contributed by atoms with Crippen LogP contribution in [0.5, 0.6) is 0 Å². The summed E-state index contributed by atoms with van der Waals surface area (Å²) >= 11 is 0. The number of carbonyl (C=O) groups is 3. The molecule has 1 unspecified atom stereocenters. The molecule has 0 aromatic carbocycles. The lowest BCUT2D eigenvalue weighted by Crippen LogP contribution is -2.19. The van der Waals surface area contributed by atoms with Gasteiger partial charge in [0.05, 0.1) is 12.3 Å². The molecule has 0 heterocycles. The maximum Gasteiger partial charge on any atom is 0.398 e.